The second-order valence-corrected chi connectivity index (χ2v) is 15.0. The minimum absolute atomic E-state index is 0.108. The number of hydrogen-bond donors (Lipinski definition) is 1. The number of imide groups is 2. The highest BCUT2D eigenvalue weighted by molar-refractivity contribution is 6.32. The van der Waals surface area contributed by atoms with E-state index in [2.05, 4.69) is 0 Å². The summed E-state index contributed by atoms with van der Waals surface area (Å²) in [6.45, 7) is 3.80. The first-order chi connectivity index (χ1) is 24.9. The van der Waals surface area contributed by atoms with Crippen LogP contribution in [0.1, 0.15) is 42.4 Å². The lowest BCUT2D eigenvalue weighted by molar-refractivity contribution is -0.131. The first kappa shape index (κ1) is 34.1. The minimum Gasteiger partial charge on any atom is -0.508 e. The molecule has 264 valence electrons. The van der Waals surface area contributed by atoms with Crippen LogP contribution in [0.4, 0.5) is 15.8 Å². The number of allylic oxidation sites excluding steroid dienone is 2. The predicted octanol–water partition coefficient (Wildman–Crippen LogP) is 8.16. The lowest BCUT2D eigenvalue weighted by Gasteiger charge is -2.49. The molecule has 4 aromatic carbocycles. The third kappa shape index (κ3) is 5.16. The quantitative estimate of drug-likeness (QED) is 0.158. The van der Waals surface area contributed by atoms with E-state index in [1.165, 1.54) is 23.1 Å². The number of ether oxygens (including phenoxy) is 1. The largest absolute Gasteiger partial charge is 0.508 e. The van der Waals surface area contributed by atoms with Gasteiger partial charge in [-0.15, -0.1) is 0 Å². The summed E-state index contributed by atoms with van der Waals surface area (Å²) >= 11 is 12.5. The third-order valence-electron chi connectivity index (χ3n) is 11.4. The number of benzene rings is 4. The summed E-state index contributed by atoms with van der Waals surface area (Å²) in [5.41, 5.74) is 1.89. The summed E-state index contributed by atoms with van der Waals surface area (Å²) in [6, 6.07) is 23.1. The molecule has 2 aliphatic heterocycles. The molecule has 2 heterocycles. The van der Waals surface area contributed by atoms with Crippen LogP contribution in [-0.4, -0.2) is 28.7 Å². The van der Waals surface area contributed by atoms with E-state index >= 15 is 0 Å². The summed E-state index contributed by atoms with van der Waals surface area (Å²) < 4.78 is 20.2. The van der Waals surface area contributed by atoms with Crippen LogP contribution < -0.4 is 14.5 Å². The van der Waals surface area contributed by atoms with Gasteiger partial charge in [-0.1, -0.05) is 77.3 Å². The van der Waals surface area contributed by atoms with Gasteiger partial charge in [-0.2, -0.15) is 0 Å². The van der Waals surface area contributed by atoms with Crippen molar-refractivity contribution < 1.29 is 33.4 Å². The Balaban J connectivity index is 1.22. The summed E-state index contributed by atoms with van der Waals surface area (Å²) in [6.07, 6.45) is 2.24. The van der Waals surface area contributed by atoms with Crippen LogP contribution >= 0.6 is 23.2 Å². The molecule has 0 spiro atoms. The van der Waals surface area contributed by atoms with Crippen LogP contribution in [0.2, 0.25) is 10.0 Å². The molecule has 0 bridgehead atoms. The fourth-order valence-corrected chi connectivity index (χ4v) is 9.15. The molecule has 0 radical (unpaired) electrons. The average molecular weight is 740 g/mol. The monoisotopic (exact) mass is 738 g/mol. The van der Waals surface area contributed by atoms with Crippen molar-refractivity contribution in [1.82, 2.24) is 0 Å². The lowest BCUT2D eigenvalue weighted by Crippen LogP contribution is -2.48. The molecule has 1 saturated carbocycles. The number of phenols is 1. The van der Waals surface area contributed by atoms with Crippen LogP contribution in [0.25, 0.3) is 0 Å². The number of fused-ring (bicyclic) bond motifs is 4. The molecule has 4 aliphatic rings. The highest BCUT2D eigenvalue weighted by atomic mass is 35.5. The summed E-state index contributed by atoms with van der Waals surface area (Å²) in [5.74, 6) is -6.17. The average Bonchev–Trinajstić information content (AvgIpc) is 3.50. The standard InChI is InChI=1S/C41H33Cl2FN2O6/c1-21-8-9-23(16-31(21)42)45-37(48)28-14-13-26-29(35(28)39(45)50)19-30-38(49)46(24-10-15-33(44)32(43)17-24)40(51)41(30,2)36(26)27-12-11-25(18-34(27)47)52-20-22-6-4-3-5-7-22/h3-13,15-18,28-30,35-36,47H,14,19-20H2,1-2H3. The number of hydrogen-bond acceptors (Lipinski definition) is 6. The maximum Gasteiger partial charge on any atom is 0.241 e. The number of anilines is 2. The molecule has 1 N–H and O–H groups in total. The molecule has 3 fully saturated rings. The smallest absolute Gasteiger partial charge is 0.241 e. The van der Waals surface area contributed by atoms with Crippen LogP contribution in [-0.2, 0) is 25.8 Å². The number of nitrogens with zero attached hydrogens (tertiary/aromatic N) is 2. The molecule has 6 atom stereocenters. The number of carbonyl (C=O) groups excluding carboxylic acids is 4. The van der Waals surface area contributed by atoms with Gasteiger partial charge >= 0.3 is 0 Å². The van der Waals surface area contributed by atoms with Crippen molar-refractivity contribution in [3.05, 3.63) is 129 Å². The van der Waals surface area contributed by atoms with Gasteiger partial charge in [0.2, 0.25) is 23.6 Å². The zero-order valence-electron chi connectivity index (χ0n) is 28.2. The molecule has 2 saturated heterocycles. The minimum atomic E-state index is -1.42. The Morgan fingerprint density at radius 1 is 0.846 bits per heavy atom. The van der Waals surface area contributed by atoms with Gasteiger partial charge in [0.05, 0.1) is 39.6 Å². The van der Waals surface area contributed by atoms with Crippen LogP contribution in [0.3, 0.4) is 0 Å². The van der Waals surface area contributed by atoms with Crippen molar-refractivity contribution in [1.29, 1.82) is 0 Å². The second-order valence-electron chi connectivity index (χ2n) is 14.2. The van der Waals surface area contributed by atoms with Crippen LogP contribution in [0.15, 0.2) is 96.6 Å². The van der Waals surface area contributed by atoms with E-state index in [1.54, 1.807) is 37.3 Å². The first-order valence-corrected chi connectivity index (χ1v) is 17.8. The number of rotatable bonds is 6. The topological polar surface area (TPSA) is 104 Å². The van der Waals surface area contributed by atoms with E-state index < -0.39 is 58.5 Å². The lowest BCUT2D eigenvalue weighted by atomic mass is 9.51. The molecular formula is C41H33Cl2FN2O6. The molecule has 0 aromatic heterocycles. The SMILES string of the molecule is Cc1ccc(N2C(=O)C3CC=C4C(CC5C(=O)N(c6ccc(F)c(Cl)c6)C(=O)C5(C)C4c4ccc(OCc5ccccc5)cc4O)C3C2=O)cc1Cl. The molecule has 4 aromatic rings. The molecule has 6 unspecified atom stereocenters. The second kappa shape index (κ2) is 12.6. The van der Waals surface area contributed by atoms with Crippen molar-refractivity contribution >= 4 is 58.2 Å². The normalized spacial score (nSPS) is 26.6. The Kier molecular flexibility index (Phi) is 8.27. The van der Waals surface area contributed by atoms with Gasteiger partial charge < -0.3 is 9.84 Å². The van der Waals surface area contributed by atoms with Crippen molar-refractivity contribution in [3.63, 3.8) is 0 Å². The fraction of sp³-hybridized carbons (Fsp3) is 0.268. The van der Waals surface area contributed by atoms with E-state index in [0.717, 1.165) is 22.1 Å². The Hall–Kier alpha value is -4.99. The predicted molar refractivity (Wildman–Crippen MR) is 194 cm³/mol. The number of aromatic hydroxyl groups is 1. The fourth-order valence-electron chi connectivity index (χ4n) is 8.80. The summed E-state index contributed by atoms with van der Waals surface area (Å²) in [7, 11) is 0. The van der Waals surface area contributed by atoms with E-state index in [1.807, 2.05) is 43.3 Å². The van der Waals surface area contributed by atoms with Gasteiger partial charge in [-0.05, 0) is 80.1 Å². The highest BCUT2D eigenvalue weighted by Crippen LogP contribution is 2.64. The Morgan fingerprint density at radius 2 is 1.56 bits per heavy atom. The maximum atomic E-state index is 14.7. The summed E-state index contributed by atoms with van der Waals surface area (Å²) in [4.78, 5) is 59.7. The van der Waals surface area contributed by atoms with Gasteiger partial charge in [0.25, 0.3) is 0 Å². The molecule has 4 amide bonds. The number of amides is 4. The Morgan fingerprint density at radius 3 is 2.27 bits per heavy atom. The third-order valence-corrected chi connectivity index (χ3v) is 12.1. The van der Waals surface area contributed by atoms with E-state index in [-0.39, 0.29) is 41.8 Å². The number of carbonyl (C=O) groups is 4. The molecule has 2 aliphatic carbocycles. The zero-order valence-corrected chi connectivity index (χ0v) is 29.7. The first-order valence-electron chi connectivity index (χ1n) is 17.1. The Labute approximate surface area is 309 Å². The van der Waals surface area contributed by atoms with Gasteiger partial charge in [0.15, 0.2) is 0 Å². The number of halogens is 3. The van der Waals surface area contributed by atoms with Crippen molar-refractivity contribution in [2.24, 2.45) is 29.1 Å². The highest BCUT2D eigenvalue weighted by Gasteiger charge is 2.68. The van der Waals surface area contributed by atoms with Crippen molar-refractivity contribution in [3.8, 4) is 11.5 Å². The van der Waals surface area contributed by atoms with Crippen LogP contribution in [0.5, 0.6) is 11.5 Å². The van der Waals surface area contributed by atoms with Gasteiger partial charge in [-0.25, -0.2) is 14.2 Å². The summed E-state index contributed by atoms with van der Waals surface area (Å²) in [5, 5.41) is 11.8. The van der Waals surface area contributed by atoms with Crippen LogP contribution in [0, 0.1) is 41.8 Å². The Bertz CT molecular complexity index is 2230. The molecule has 8 nitrogen and oxygen atoms in total. The molecule has 8 rings (SSSR count). The van der Waals surface area contributed by atoms with Crippen molar-refractivity contribution in [2.45, 2.75) is 39.2 Å². The molecule has 11 heteroatoms. The number of phenolic OH excluding ortho intramolecular Hbond substituents is 1. The van der Waals surface area contributed by atoms with E-state index in [9.17, 15) is 28.7 Å². The van der Waals surface area contributed by atoms with E-state index in [0.29, 0.717) is 27.6 Å². The number of aryl methyl sites for hydroxylation is 1. The van der Waals surface area contributed by atoms with Crippen molar-refractivity contribution in [2.75, 3.05) is 9.80 Å². The van der Waals surface area contributed by atoms with Gasteiger partial charge in [-0.3, -0.25) is 19.2 Å². The zero-order chi connectivity index (χ0) is 36.6. The van der Waals surface area contributed by atoms with Gasteiger partial charge in [0.1, 0.15) is 23.9 Å². The molecule has 52 heavy (non-hydrogen) atoms. The molecular weight excluding hydrogens is 706 g/mol. The van der Waals surface area contributed by atoms with Gasteiger partial charge in [0, 0.05) is 22.6 Å². The maximum absolute atomic E-state index is 14.7. The van der Waals surface area contributed by atoms with E-state index in [4.69, 9.17) is 27.9 Å².